The summed E-state index contributed by atoms with van der Waals surface area (Å²) in [6, 6.07) is 7.72. The summed E-state index contributed by atoms with van der Waals surface area (Å²) in [6.07, 6.45) is 3.31. The van der Waals surface area contributed by atoms with Gasteiger partial charge in [-0.25, -0.2) is 9.97 Å². The van der Waals surface area contributed by atoms with Crippen LogP contribution in [-0.4, -0.2) is 16.1 Å². The molecule has 0 N–H and O–H groups in total. The molecule has 17 heavy (non-hydrogen) atoms. The van der Waals surface area contributed by atoms with Gasteiger partial charge in [0.15, 0.2) is 0 Å². The van der Waals surface area contributed by atoms with Gasteiger partial charge in [-0.3, -0.25) is 0 Å². The molecule has 1 aromatic carbocycles. The quantitative estimate of drug-likeness (QED) is 0.779. The summed E-state index contributed by atoms with van der Waals surface area (Å²) in [5.41, 5.74) is 1.80. The highest BCUT2D eigenvalue weighted by Gasteiger charge is 2.05. The van der Waals surface area contributed by atoms with E-state index in [-0.39, 0.29) is 6.10 Å². The maximum atomic E-state index is 6.00. The third-order valence-corrected chi connectivity index (χ3v) is 2.50. The van der Waals surface area contributed by atoms with E-state index in [9.17, 15) is 0 Å². The molecule has 0 amide bonds. The van der Waals surface area contributed by atoms with Crippen LogP contribution in [0, 0.1) is 0 Å². The van der Waals surface area contributed by atoms with Gasteiger partial charge >= 0.3 is 0 Å². The minimum atomic E-state index is 0.171. The van der Waals surface area contributed by atoms with Gasteiger partial charge < -0.3 is 4.74 Å². The van der Waals surface area contributed by atoms with Gasteiger partial charge in [0, 0.05) is 11.8 Å². The van der Waals surface area contributed by atoms with Gasteiger partial charge in [0.2, 0.25) is 0 Å². The third-order valence-electron chi connectivity index (χ3n) is 2.20. The Morgan fingerprint density at radius 2 is 1.88 bits per heavy atom. The molecule has 3 nitrogen and oxygen atoms in total. The van der Waals surface area contributed by atoms with Crippen LogP contribution in [0.5, 0.6) is 5.75 Å². The van der Waals surface area contributed by atoms with Crippen molar-refractivity contribution in [1.29, 1.82) is 0 Å². The van der Waals surface area contributed by atoms with Gasteiger partial charge in [-0.05, 0) is 31.5 Å². The fourth-order valence-electron chi connectivity index (χ4n) is 1.49. The molecule has 0 fully saturated rings. The minimum absolute atomic E-state index is 0.171. The van der Waals surface area contributed by atoms with Crippen molar-refractivity contribution in [2.24, 2.45) is 0 Å². The number of hydrogen-bond donors (Lipinski definition) is 0. The molecule has 0 saturated carbocycles. The zero-order chi connectivity index (χ0) is 12.3. The molecular weight excluding hydrogens is 236 g/mol. The van der Waals surface area contributed by atoms with Crippen LogP contribution in [-0.2, 0) is 0 Å². The molecule has 0 aliphatic rings. The second kappa shape index (κ2) is 5.15. The molecular formula is C13H13ClN2O. The lowest BCUT2D eigenvalue weighted by atomic mass is 10.1. The summed E-state index contributed by atoms with van der Waals surface area (Å²) in [4.78, 5) is 7.92. The standard InChI is InChI=1S/C13H13ClN2O/c1-9(2)17-11-5-3-10(4-6-11)12-7-15-8-16-13(12)14/h3-9H,1-2H3. The maximum Gasteiger partial charge on any atom is 0.140 e. The summed E-state index contributed by atoms with van der Waals surface area (Å²) in [7, 11) is 0. The number of rotatable bonds is 3. The Morgan fingerprint density at radius 1 is 1.18 bits per heavy atom. The van der Waals surface area contributed by atoms with E-state index in [1.54, 1.807) is 6.20 Å². The van der Waals surface area contributed by atoms with E-state index in [2.05, 4.69) is 9.97 Å². The van der Waals surface area contributed by atoms with Crippen LogP contribution in [0.1, 0.15) is 13.8 Å². The molecule has 0 radical (unpaired) electrons. The van der Waals surface area contributed by atoms with Crippen molar-refractivity contribution in [3.63, 3.8) is 0 Å². The van der Waals surface area contributed by atoms with Crippen LogP contribution >= 0.6 is 11.6 Å². The number of hydrogen-bond acceptors (Lipinski definition) is 3. The number of benzene rings is 1. The first-order valence-corrected chi connectivity index (χ1v) is 5.77. The number of nitrogens with zero attached hydrogens (tertiary/aromatic N) is 2. The lowest BCUT2D eigenvalue weighted by molar-refractivity contribution is 0.242. The van der Waals surface area contributed by atoms with E-state index in [4.69, 9.17) is 16.3 Å². The zero-order valence-corrected chi connectivity index (χ0v) is 10.5. The van der Waals surface area contributed by atoms with Crippen LogP contribution in [0.3, 0.4) is 0 Å². The molecule has 0 saturated heterocycles. The van der Waals surface area contributed by atoms with Gasteiger partial charge in [-0.1, -0.05) is 23.7 Å². The fraction of sp³-hybridized carbons (Fsp3) is 0.231. The first-order chi connectivity index (χ1) is 8.16. The van der Waals surface area contributed by atoms with E-state index >= 15 is 0 Å². The summed E-state index contributed by atoms with van der Waals surface area (Å²) < 4.78 is 5.57. The average Bonchev–Trinajstić information content (AvgIpc) is 2.30. The Bertz CT molecular complexity index is 497. The lowest BCUT2D eigenvalue weighted by Gasteiger charge is -2.10. The van der Waals surface area contributed by atoms with Gasteiger partial charge in [0.1, 0.15) is 17.2 Å². The molecule has 2 rings (SSSR count). The van der Waals surface area contributed by atoms with Crippen molar-refractivity contribution in [1.82, 2.24) is 9.97 Å². The van der Waals surface area contributed by atoms with Crippen molar-refractivity contribution in [2.45, 2.75) is 20.0 Å². The topological polar surface area (TPSA) is 35.0 Å². The van der Waals surface area contributed by atoms with E-state index in [1.807, 2.05) is 38.1 Å². The van der Waals surface area contributed by atoms with E-state index < -0.39 is 0 Å². The van der Waals surface area contributed by atoms with Crippen molar-refractivity contribution in [3.8, 4) is 16.9 Å². The fourth-order valence-corrected chi connectivity index (χ4v) is 1.70. The van der Waals surface area contributed by atoms with Crippen LogP contribution in [0.2, 0.25) is 5.15 Å². The van der Waals surface area contributed by atoms with Crippen molar-refractivity contribution in [2.75, 3.05) is 0 Å². The second-order valence-electron chi connectivity index (χ2n) is 3.92. The molecule has 0 atom stereocenters. The van der Waals surface area contributed by atoms with Crippen LogP contribution in [0.15, 0.2) is 36.8 Å². The monoisotopic (exact) mass is 248 g/mol. The summed E-state index contributed by atoms with van der Waals surface area (Å²) in [6.45, 7) is 3.99. The normalized spacial score (nSPS) is 10.6. The highest BCUT2D eigenvalue weighted by atomic mass is 35.5. The summed E-state index contributed by atoms with van der Waals surface area (Å²) >= 11 is 6.00. The highest BCUT2D eigenvalue weighted by Crippen LogP contribution is 2.26. The highest BCUT2D eigenvalue weighted by molar-refractivity contribution is 6.32. The molecule has 0 aliphatic carbocycles. The number of ether oxygens (including phenoxy) is 1. The Morgan fingerprint density at radius 3 is 2.47 bits per heavy atom. The second-order valence-corrected chi connectivity index (χ2v) is 4.28. The van der Waals surface area contributed by atoms with Crippen molar-refractivity contribution >= 4 is 11.6 Å². The first-order valence-electron chi connectivity index (χ1n) is 5.39. The summed E-state index contributed by atoms with van der Waals surface area (Å²) in [5, 5.41) is 0.456. The molecule has 0 bridgehead atoms. The van der Waals surface area contributed by atoms with Crippen molar-refractivity contribution in [3.05, 3.63) is 41.9 Å². The Labute approximate surface area is 105 Å². The Hall–Kier alpha value is -1.61. The molecule has 0 aliphatic heterocycles. The minimum Gasteiger partial charge on any atom is -0.491 e. The molecule has 2 aromatic rings. The third kappa shape index (κ3) is 2.94. The van der Waals surface area contributed by atoms with Gasteiger partial charge in [-0.2, -0.15) is 0 Å². The van der Waals surface area contributed by atoms with Crippen LogP contribution < -0.4 is 4.74 Å². The Balaban J connectivity index is 2.27. The summed E-state index contributed by atoms with van der Waals surface area (Å²) in [5.74, 6) is 0.844. The van der Waals surface area contributed by atoms with Crippen LogP contribution in [0.25, 0.3) is 11.1 Å². The predicted octanol–water partition coefficient (Wildman–Crippen LogP) is 3.58. The van der Waals surface area contributed by atoms with E-state index in [0.29, 0.717) is 5.15 Å². The van der Waals surface area contributed by atoms with Gasteiger partial charge in [0.05, 0.1) is 6.10 Å². The van der Waals surface area contributed by atoms with Crippen molar-refractivity contribution < 1.29 is 4.74 Å². The lowest BCUT2D eigenvalue weighted by Crippen LogP contribution is -2.05. The maximum absolute atomic E-state index is 6.00. The van der Waals surface area contributed by atoms with Crippen LogP contribution in [0.4, 0.5) is 0 Å². The first kappa shape index (κ1) is 11.9. The zero-order valence-electron chi connectivity index (χ0n) is 9.72. The Kier molecular flexibility index (Phi) is 3.59. The SMILES string of the molecule is CC(C)Oc1ccc(-c2cncnc2Cl)cc1. The smallest absolute Gasteiger partial charge is 0.140 e. The van der Waals surface area contributed by atoms with E-state index in [1.165, 1.54) is 6.33 Å². The van der Waals surface area contributed by atoms with Gasteiger partial charge in [0.25, 0.3) is 0 Å². The van der Waals surface area contributed by atoms with E-state index in [0.717, 1.165) is 16.9 Å². The number of halogens is 1. The van der Waals surface area contributed by atoms with Gasteiger partial charge in [-0.15, -0.1) is 0 Å². The largest absolute Gasteiger partial charge is 0.491 e. The number of aromatic nitrogens is 2. The molecule has 4 heteroatoms. The molecule has 1 aromatic heterocycles. The molecule has 0 spiro atoms. The molecule has 1 heterocycles. The predicted molar refractivity (Wildman–Crippen MR) is 68.2 cm³/mol. The molecule has 88 valence electrons. The molecule has 0 unspecified atom stereocenters. The average molecular weight is 249 g/mol.